The maximum atomic E-state index is 7.77. The molecule has 3 nitrogen and oxygen atoms in total. The fraction of sp³-hybridized carbons (Fsp3) is 0.188. The quantitative estimate of drug-likeness (QED) is 0.0582. The summed E-state index contributed by atoms with van der Waals surface area (Å²) < 4.78 is 23.3. The van der Waals surface area contributed by atoms with Crippen LogP contribution >= 0.6 is 0 Å². The average Bonchev–Trinajstić information content (AvgIpc) is 3.43. The zero-order chi connectivity index (χ0) is 53.0. The van der Waals surface area contributed by atoms with E-state index in [9.17, 15) is 0 Å². The Bertz CT molecular complexity index is 2890. The fourth-order valence-corrected chi connectivity index (χ4v) is 24.8. The minimum atomic E-state index is -3.06. The van der Waals surface area contributed by atoms with Gasteiger partial charge in [0, 0.05) is 0 Å². The van der Waals surface area contributed by atoms with E-state index in [1.807, 2.05) is 0 Å². The van der Waals surface area contributed by atoms with E-state index in [1.165, 1.54) is 31.1 Å². The van der Waals surface area contributed by atoms with Crippen LogP contribution in [0.4, 0.5) is 0 Å². The second-order valence-electron chi connectivity index (χ2n) is 22.8. The normalized spacial score (nSPS) is 12.6. The van der Waals surface area contributed by atoms with Gasteiger partial charge in [-0.2, -0.15) is 0 Å². The predicted molar refractivity (Wildman–Crippen MR) is 323 cm³/mol. The lowest BCUT2D eigenvalue weighted by Gasteiger charge is -2.43. The van der Waals surface area contributed by atoms with Crippen molar-refractivity contribution in [3.63, 3.8) is 0 Å². The Balaban J connectivity index is 1.28. The van der Waals surface area contributed by atoms with Gasteiger partial charge in [0.15, 0.2) is 0 Å². The third kappa shape index (κ3) is 9.66. The summed E-state index contributed by atoms with van der Waals surface area (Å²) in [5.74, 6) is 5.74. The van der Waals surface area contributed by atoms with Crippen LogP contribution in [0.5, 0.6) is 17.2 Å². The van der Waals surface area contributed by atoms with E-state index in [4.69, 9.17) is 19.7 Å². The second kappa shape index (κ2) is 21.1. The van der Waals surface area contributed by atoms with Crippen LogP contribution in [0.3, 0.4) is 0 Å². The van der Waals surface area contributed by atoms with E-state index in [2.05, 4.69) is 323 Å². The molecule has 0 atom stereocenters. The Morgan fingerprint density at radius 3 is 0.653 bits per heavy atom. The highest BCUT2D eigenvalue weighted by molar-refractivity contribution is 7.01. The van der Waals surface area contributed by atoms with Crippen LogP contribution in [-0.4, -0.2) is 25.0 Å². The summed E-state index contributed by atoms with van der Waals surface area (Å²) in [4.78, 5) is 0. The number of rotatable bonds is 15. The summed E-state index contributed by atoms with van der Waals surface area (Å²) in [6, 6.07) is 90.3. The molecule has 0 aliphatic carbocycles. The van der Waals surface area contributed by atoms with Crippen LogP contribution in [-0.2, 0) is 5.41 Å². The Morgan fingerprint density at radius 2 is 0.480 bits per heavy atom. The first-order valence-electron chi connectivity index (χ1n) is 26.2. The molecule has 9 rings (SSSR count). The molecule has 0 aliphatic rings. The monoisotopic (exact) mass is 1030 g/mol. The van der Waals surface area contributed by atoms with Crippen LogP contribution in [0, 0.1) is 12.3 Å². The summed E-state index contributed by atoms with van der Waals surface area (Å²) >= 11 is 0. The molecule has 0 amide bonds. The molecule has 0 bridgehead atoms. The van der Waals surface area contributed by atoms with E-state index < -0.39 is 30.4 Å². The van der Waals surface area contributed by atoms with Crippen LogP contribution in [0.2, 0.25) is 15.1 Å². The van der Waals surface area contributed by atoms with Crippen molar-refractivity contribution in [1.29, 1.82) is 0 Å². The minimum Gasteiger partial charge on any atom is -0.534 e. The topological polar surface area (TPSA) is 27.7 Å². The fourth-order valence-electron chi connectivity index (χ4n) is 11.6. The molecule has 0 aliphatic heterocycles. The van der Waals surface area contributed by atoms with Gasteiger partial charge in [0.2, 0.25) is 0 Å². The maximum Gasteiger partial charge on any atom is 0.319 e. The highest BCUT2D eigenvalue weighted by Gasteiger charge is 2.55. The van der Waals surface area contributed by atoms with Crippen molar-refractivity contribution in [3.8, 4) is 29.6 Å². The van der Waals surface area contributed by atoms with Crippen molar-refractivity contribution in [2.24, 2.45) is 0 Å². The zero-order valence-corrected chi connectivity index (χ0v) is 48.1. The summed E-state index contributed by atoms with van der Waals surface area (Å²) in [6.07, 6.45) is 7.24. The lowest BCUT2D eigenvalue weighted by molar-refractivity contribution is 0.504. The first kappa shape index (κ1) is 52.5. The molecule has 0 N–H and O–H groups in total. The van der Waals surface area contributed by atoms with Gasteiger partial charge in [-0.25, -0.2) is 0 Å². The van der Waals surface area contributed by atoms with Gasteiger partial charge in [0.25, 0.3) is 0 Å². The summed E-state index contributed by atoms with van der Waals surface area (Å²) in [7, 11) is -9.18. The van der Waals surface area contributed by atoms with Crippen molar-refractivity contribution in [2.45, 2.75) is 82.8 Å². The van der Waals surface area contributed by atoms with E-state index in [0.29, 0.717) is 0 Å². The van der Waals surface area contributed by atoms with Crippen LogP contribution in [0.1, 0.15) is 79.0 Å². The van der Waals surface area contributed by atoms with Crippen molar-refractivity contribution in [2.75, 3.05) is 0 Å². The van der Waals surface area contributed by atoms with E-state index >= 15 is 0 Å². The lowest BCUT2D eigenvalue weighted by atomic mass is 9.70. The van der Waals surface area contributed by atoms with E-state index in [-0.39, 0.29) is 15.1 Å². The average molecular weight is 1030 g/mol. The zero-order valence-electron chi connectivity index (χ0n) is 45.1. The van der Waals surface area contributed by atoms with Gasteiger partial charge in [-0.15, -0.1) is 6.42 Å². The Hall–Kier alpha value is -7.41. The number of terminal acetylenes is 1. The third-order valence-corrected chi connectivity index (χ3v) is 29.9. The van der Waals surface area contributed by atoms with Crippen LogP contribution in [0.15, 0.2) is 255 Å². The highest BCUT2D eigenvalue weighted by atomic mass is 28.4. The van der Waals surface area contributed by atoms with Gasteiger partial charge < -0.3 is 13.3 Å². The van der Waals surface area contributed by atoms with Gasteiger partial charge >= 0.3 is 25.0 Å². The van der Waals surface area contributed by atoms with Gasteiger partial charge in [-0.3, -0.25) is 0 Å². The molecule has 0 saturated heterocycles. The standard InChI is InChI=1S/C69H70O3Si3/c1-11-69(54-33-30-36-57(51-54)70-73(66(2,3)4,60-39-18-12-19-40-60)61-41-20-13-21-42-61,55-34-31-37-58(52-55)71-74(67(5,6)7,62-43-22-14-23-44-62)63-45-24-15-25-46-63)56-35-32-38-59(53-56)72-75(68(8,9)10,64-47-26-16-27-48-64)65-49-28-17-29-50-65/h1,12-53H,2-10H3. The first-order chi connectivity index (χ1) is 36.0. The molecule has 9 aromatic rings. The predicted octanol–water partition coefficient (Wildman–Crippen LogP) is 13.5. The molecule has 0 fully saturated rings. The lowest BCUT2D eigenvalue weighted by Crippen LogP contribution is -2.68. The second-order valence-corrected chi connectivity index (χ2v) is 35.4. The summed E-state index contributed by atoms with van der Waals surface area (Å²) in [6.45, 7) is 20.8. The van der Waals surface area contributed by atoms with Crippen LogP contribution < -0.4 is 44.4 Å². The molecule has 6 heteroatoms. The molecule has 75 heavy (non-hydrogen) atoms. The van der Waals surface area contributed by atoms with Crippen molar-refractivity contribution < 1.29 is 13.3 Å². The first-order valence-corrected chi connectivity index (χ1v) is 31.9. The molecule has 0 heterocycles. The van der Waals surface area contributed by atoms with Gasteiger partial charge in [-0.05, 0) is 99.3 Å². The summed E-state index contributed by atoms with van der Waals surface area (Å²) in [5.41, 5.74) is 1.52. The number of hydrogen-bond acceptors (Lipinski definition) is 3. The minimum absolute atomic E-state index is 0.270. The smallest absolute Gasteiger partial charge is 0.319 e. The molecule has 0 unspecified atom stereocenters. The SMILES string of the molecule is C#CC(c1cccc(O[Si](c2ccccc2)(c2ccccc2)C(C)(C)C)c1)(c1cccc(O[Si](c2ccccc2)(c2ccccc2)C(C)(C)C)c1)c1cccc(O[Si](c2ccccc2)(c2ccccc2)C(C)(C)C)c1. The van der Waals surface area contributed by atoms with E-state index in [1.54, 1.807) is 0 Å². The molecule has 0 aromatic heterocycles. The van der Waals surface area contributed by atoms with Crippen LogP contribution in [0.25, 0.3) is 0 Å². The Kier molecular flexibility index (Phi) is 14.7. The van der Waals surface area contributed by atoms with Gasteiger partial charge in [0.05, 0.1) is 0 Å². The largest absolute Gasteiger partial charge is 0.534 e. The molecular weight excluding hydrogens is 961 g/mol. The highest BCUT2D eigenvalue weighted by Crippen LogP contribution is 2.46. The Labute approximate surface area is 450 Å². The molecule has 9 aromatic carbocycles. The molecule has 0 radical (unpaired) electrons. The van der Waals surface area contributed by atoms with E-state index in [0.717, 1.165) is 33.9 Å². The number of benzene rings is 9. The summed E-state index contributed by atoms with van der Waals surface area (Å²) in [5, 5.41) is 6.35. The molecule has 376 valence electrons. The molecule has 0 spiro atoms. The Morgan fingerprint density at radius 1 is 0.280 bits per heavy atom. The molecular formula is C69H70O3Si3. The van der Waals surface area contributed by atoms with Crippen molar-refractivity contribution >= 4 is 56.1 Å². The van der Waals surface area contributed by atoms with Gasteiger partial charge in [0.1, 0.15) is 22.7 Å². The number of hydrogen-bond donors (Lipinski definition) is 0. The maximum absolute atomic E-state index is 7.77. The van der Waals surface area contributed by atoms with Crippen molar-refractivity contribution in [1.82, 2.24) is 0 Å². The third-order valence-electron chi connectivity index (χ3n) is 15.1. The van der Waals surface area contributed by atoms with Crippen molar-refractivity contribution in [3.05, 3.63) is 271 Å². The molecule has 0 saturated carbocycles. The van der Waals surface area contributed by atoms with Gasteiger partial charge in [-0.1, -0.05) is 287 Å².